The van der Waals surface area contributed by atoms with E-state index in [-0.39, 0.29) is 29.7 Å². The first kappa shape index (κ1) is 32.0. The van der Waals surface area contributed by atoms with E-state index in [0.29, 0.717) is 54.4 Å². The lowest BCUT2D eigenvalue weighted by Gasteiger charge is -2.40. The van der Waals surface area contributed by atoms with Crippen LogP contribution in [-0.4, -0.2) is 94.1 Å². The Bertz CT molecular complexity index is 1590. The number of piperazine rings is 2. The molecule has 3 aromatic carbocycles. The van der Waals surface area contributed by atoms with E-state index in [4.69, 9.17) is 16.6 Å². The second-order valence-electron chi connectivity index (χ2n) is 11.9. The Kier molecular flexibility index (Phi) is 10.2. The number of thioether (sulfide) groups is 1. The Labute approximate surface area is 280 Å². The van der Waals surface area contributed by atoms with Gasteiger partial charge in [0, 0.05) is 63.5 Å². The largest absolute Gasteiger partial charge is 0.353 e. The standard InChI is InChI=1S/C36H39ClN6O2S/c1-26-13-15-30(16-14-26)35(45)43-22-21-42(24-27(43)2)32-23-31(37)38-36(39-32)46-25-33(44)40-17-19-41(20-18-40)34(28-9-5-3-6-10-28)29-11-7-4-8-12-29/h3-16,23,27,34H,17-22,24-25H2,1-2H3/t27-/m0/s1. The van der Waals surface area contributed by atoms with Crippen LogP contribution in [0.4, 0.5) is 5.82 Å². The molecule has 0 unspecified atom stereocenters. The Balaban J connectivity index is 1.04. The van der Waals surface area contributed by atoms with E-state index >= 15 is 0 Å². The van der Waals surface area contributed by atoms with Crippen molar-refractivity contribution in [1.82, 2.24) is 24.7 Å². The van der Waals surface area contributed by atoms with Gasteiger partial charge in [0.15, 0.2) is 5.16 Å². The van der Waals surface area contributed by atoms with E-state index in [1.165, 1.54) is 22.9 Å². The van der Waals surface area contributed by atoms with Gasteiger partial charge in [-0.2, -0.15) is 0 Å². The quantitative estimate of drug-likeness (QED) is 0.135. The summed E-state index contributed by atoms with van der Waals surface area (Å²) in [5.41, 5.74) is 4.34. The number of hydrogen-bond acceptors (Lipinski definition) is 7. The Morgan fingerprint density at radius 1 is 0.848 bits per heavy atom. The first-order chi connectivity index (χ1) is 22.4. The van der Waals surface area contributed by atoms with Crippen molar-refractivity contribution >= 4 is 41.0 Å². The fraction of sp³-hybridized carbons (Fsp3) is 0.333. The monoisotopic (exact) mass is 654 g/mol. The highest BCUT2D eigenvalue weighted by Gasteiger charge is 2.30. The zero-order valence-corrected chi connectivity index (χ0v) is 27.8. The highest BCUT2D eigenvalue weighted by atomic mass is 35.5. The summed E-state index contributed by atoms with van der Waals surface area (Å²) in [6.07, 6.45) is 0. The van der Waals surface area contributed by atoms with E-state index < -0.39 is 0 Å². The van der Waals surface area contributed by atoms with Crippen molar-refractivity contribution in [1.29, 1.82) is 0 Å². The number of rotatable bonds is 8. The summed E-state index contributed by atoms with van der Waals surface area (Å²) in [5, 5.41) is 0.820. The van der Waals surface area contributed by atoms with Crippen molar-refractivity contribution in [2.45, 2.75) is 31.1 Å². The maximum atomic E-state index is 13.3. The van der Waals surface area contributed by atoms with Gasteiger partial charge in [0.05, 0.1) is 11.8 Å². The van der Waals surface area contributed by atoms with Crippen LogP contribution in [0.5, 0.6) is 0 Å². The minimum atomic E-state index is -0.00368. The molecule has 0 spiro atoms. The van der Waals surface area contributed by atoms with E-state index in [1.54, 1.807) is 6.07 Å². The predicted molar refractivity (Wildman–Crippen MR) is 185 cm³/mol. The number of anilines is 1. The number of nitrogens with zero attached hydrogens (tertiary/aromatic N) is 6. The molecule has 2 aliphatic heterocycles. The molecule has 6 rings (SSSR count). The van der Waals surface area contributed by atoms with Crippen LogP contribution in [0.15, 0.2) is 96.2 Å². The number of hydrogen-bond donors (Lipinski definition) is 0. The number of aromatic nitrogens is 2. The summed E-state index contributed by atoms with van der Waals surface area (Å²) in [4.78, 5) is 44.1. The van der Waals surface area contributed by atoms with Crippen molar-refractivity contribution in [3.63, 3.8) is 0 Å². The number of amides is 2. The molecule has 10 heteroatoms. The number of benzene rings is 3. The van der Waals surface area contributed by atoms with Crippen LogP contribution in [0.25, 0.3) is 0 Å². The minimum Gasteiger partial charge on any atom is -0.353 e. The molecule has 4 aromatic rings. The van der Waals surface area contributed by atoms with Gasteiger partial charge in [-0.05, 0) is 37.1 Å². The van der Waals surface area contributed by atoms with Crippen LogP contribution in [0.1, 0.15) is 40.0 Å². The fourth-order valence-corrected chi connectivity index (χ4v) is 7.26. The van der Waals surface area contributed by atoms with Gasteiger partial charge in [0.2, 0.25) is 5.91 Å². The summed E-state index contributed by atoms with van der Waals surface area (Å²) in [5.74, 6) is 1.07. The first-order valence-electron chi connectivity index (χ1n) is 15.8. The lowest BCUT2D eigenvalue weighted by atomic mass is 9.96. The molecule has 0 bridgehead atoms. The Morgan fingerprint density at radius 3 is 2.09 bits per heavy atom. The third-order valence-corrected chi connectivity index (χ3v) is 9.78. The van der Waals surface area contributed by atoms with Crippen LogP contribution in [0, 0.1) is 6.92 Å². The molecule has 0 radical (unpaired) electrons. The van der Waals surface area contributed by atoms with Crippen molar-refractivity contribution in [3.8, 4) is 0 Å². The summed E-state index contributed by atoms with van der Waals surface area (Å²) in [6, 6.07) is 30.7. The molecule has 0 saturated carbocycles. The molecule has 238 valence electrons. The molecule has 1 atom stereocenters. The predicted octanol–water partition coefficient (Wildman–Crippen LogP) is 5.82. The highest BCUT2D eigenvalue weighted by molar-refractivity contribution is 7.99. The highest BCUT2D eigenvalue weighted by Crippen LogP contribution is 2.30. The third kappa shape index (κ3) is 7.54. The number of halogens is 1. The molecular formula is C36H39ClN6O2S. The van der Waals surface area contributed by atoms with Crippen molar-refractivity contribution in [2.75, 3.05) is 56.5 Å². The van der Waals surface area contributed by atoms with Gasteiger partial charge in [-0.1, -0.05) is 102 Å². The van der Waals surface area contributed by atoms with E-state index in [1.807, 2.05) is 53.1 Å². The van der Waals surface area contributed by atoms with Crippen LogP contribution >= 0.6 is 23.4 Å². The molecule has 2 fully saturated rings. The average molecular weight is 655 g/mol. The van der Waals surface area contributed by atoms with Gasteiger partial charge < -0.3 is 14.7 Å². The molecule has 0 N–H and O–H groups in total. The van der Waals surface area contributed by atoms with Crippen LogP contribution in [0.2, 0.25) is 5.15 Å². The molecule has 2 saturated heterocycles. The van der Waals surface area contributed by atoms with Crippen molar-refractivity contribution in [2.24, 2.45) is 0 Å². The topological polar surface area (TPSA) is 72.9 Å². The van der Waals surface area contributed by atoms with Crippen LogP contribution in [-0.2, 0) is 4.79 Å². The lowest BCUT2D eigenvalue weighted by Crippen LogP contribution is -2.54. The van der Waals surface area contributed by atoms with Gasteiger partial charge in [-0.15, -0.1) is 0 Å². The molecule has 46 heavy (non-hydrogen) atoms. The van der Waals surface area contributed by atoms with Crippen molar-refractivity contribution in [3.05, 3.63) is 118 Å². The van der Waals surface area contributed by atoms with Gasteiger partial charge >= 0.3 is 0 Å². The molecular weight excluding hydrogens is 616 g/mol. The van der Waals surface area contributed by atoms with E-state index in [9.17, 15) is 9.59 Å². The first-order valence-corrected chi connectivity index (χ1v) is 17.1. The lowest BCUT2D eigenvalue weighted by molar-refractivity contribution is -0.130. The van der Waals surface area contributed by atoms with Gasteiger partial charge in [0.25, 0.3) is 5.91 Å². The molecule has 2 aliphatic rings. The summed E-state index contributed by atoms with van der Waals surface area (Å²) in [6.45, 7) is 8.83. The molecule has 1 aromatic heterocycles. The Morgan fingerprint density at radius 2 is 1.48 bits per heavy atom. The average Bonchev–Trinajstić information content (AvgIpc) is 3.08. The molecule has 3 heterocycles. The maximum Gasteiger partial charge on any atom is 0.254 e. The van der Waals surface area contributed by atoms with Gasteiger partial charge in [0.1, 0.15) is 11.0 Å². The minimum absolute atomic E-state index is 0.00368. The zero-order valence-electron chi connectivity index (χ0n) is 26.3. The van der Waals surface area contributed by atoms with Gasteiger partial charge in [-0.25, -0.2) is 9.97 Å². The second-order valence-corrected chi connectivity index (χ2v) is 13.3. The molecule has 2 amide bonds. The normalized spacial score (nSPS) is 17.4. The van der Waals surface area contributed by atoms with E-state index in [0.717, 1.165) is 18.7 Å². The molecule has 8 nitrogen and oxygen atoms in total. The van der Waals surface area contributed by atoms with Crippen LogP contribution in [0.3, 0.4) is 0 Å². The number of aryl methyl sites for hydroxylation is 1. The second kappa shape index (κ2) is 14.7. The third-order valence-electron chi connectivity index (χ3n) is 8.76. The maximum absolute atomic E-state index is 13.3. The smallest absolute Gasteiger partial charge is 0.254 e. The summed E-state index contributed by atoms with van der Waals surface area (Å²) < 4.78 is 0. The fourth-order valence-electron chi connectivity index (χ4n) is 6.27. The summed E-state index contributed by atoms with van der Waals surface area (Å²) >= 11 is 7.75. The molecule has 0 aliphatic carbocycles. The number of carbonyl (C=O) groups is 2. The summed E-state index contributed by atoms with van der Waals surface area (Å²) in [7, 11) is 0. The Hall–Kier alpha value is -3.92. The van der Waals surface area contributed by atoms with Crippen molar-refractivity contribution < 1.29 is 9.59 Å². The zero-order chi connectivity index (χ0) is 32.0. The number of carbonyl (C=O) groups excluding carboxylic acids is 2. The van der Waals surface area contributed by atoms with Crippen LogP contribution < -0.4 is 4.90 Å². The SMILES string of the molecule is Cc1ccc(C(=O)N2CCN(c3cc(Cl)nc(SCC(=O)N4CCN(C(c5ccccc5)c5ccccc5)CC4)n3)C[C@@H]2C)cc1. The van der Waals surface area contributed by atoms with Gasteiger partial charge in [-0.3, -0.25) is 14.5 Å². The van der Waals surface area contributed by atoms with E-state index in [2.05, 4.69) is 70.2 Å².